The topological polar surface area (TPSA) is 114 Å². The van der Waals surface area contributed by atoms with Crippen molar-refractivity contribution in [2.24, 2.45) is 5.11 Å². The number of rotatable bonds is 15. The van der Waals surface area contributed by atoms with Crippen LogP contribution in [0, 0.1) is 0 Å². The average Bonchev–Trinajstić information content (AvgIpc) is 2.60. The van der Waals surface area contributed by atoms with Crippen molar-refractivity contribution in [2.45, 2.75) is 71.8 Å². The van der Waals surface area contributed by atoms with E-state index in [1.165, 1.54) is 0 Å². The lowest BCUT2D eigenvalue weighted by Gasteiger charge is -2.27. The summed E-state index contributed by atoms with van der Waals surface area (Å²) in [5.74, 6) is -0.140. The highest BCUT2D eigenvalue weighted by Crippen LogP contribution is 2.12. The van der Waals surface area contributed by atoms with Gasteiger partial charge in [0.15, 0.2) is 0 Å². The van der Waals surface area contributed by atoms with Crippen LogP contribution in [0.2, 0.25) is 0 Å². The predicted molar refractivity (Wildman–Crippen MR) is 107 cm³/mol. The maximum atomic E-state index is 12.4. The van der Waals surface area contributed by atoms with Crippen molar-refractivity contribution in [3.63, 3.8) is 0 Å². The van der Waals surface area contributed by atoms with Gasteiger partial charge in [0.2, 0.25) is 0 Å². The van der Waals surface area contributed by atoms with Crippen LogP contribution in [0.15, 0.2) is 5.11 Å². The number of hydrogen-bond donors (Lipinski definition) is 0. The van der Waals surface area contributed by atoms with Crippen LogP contribution in [0.25, 0.3) is 10.4 Å². The van der Waals surface area contributed by atoms with Gasteiger partial charge in [0.25, 0.3) is 0 Å². The van der Waals surface area contributed by atoms with E-state index in [0.29, 0.717) is 39.3 Å². The second-order valence-electron chi connectivity index (χ2n) is 7.36. The van der Waals surface area contributed by atoms with E-state index < -0.39 is 5.60 Å². The van der Waals surface area contributed by atoms with Crippen LogP contribution in [-0.2, 0) is 19.0 Å². The molecule has 0 atom stereocenters. The van der Waals surface area contributed by atoms with E-state index in [9.17, 15) is 9.59 Å². The normalized spacial score (nSPS) is 10.9. The lowest BCUT2D eigenvalue weighted by molar-refractivity contribution is -0.143. The summed E-state index contributed by atoms with van der Waals surface area (Å²) in [6.07, 6.45) is 4.74. The number of azide groups is 1. The molecule has 0 heterocycles. The molecule has 0 aliphatic rings. The molecule has 0 aromatic rings. The number of carbonyl (C=O) groups is 2. The third kappa shape index (κ3) is 16.2. The fourth-order valence-corrected chi connectivity index (χ4v) is 2.38. The number of amides is 1. The molecule has 0 aliphatic carbocycles. The number of nitrogens with zero attached hydrogens (tertiary/aromatic N) is 4. The van der Waals surface area contributed by atoms with Crippen molar-refractivity contribution < 1.29 is 23.8 Å². The van der Waals surface area contributed by atoms with Gasteiger partial charge in [-0.1, -0.05) is 24.4 Å². The predicted octanol–water partition coefficient (Wildman–Crippen LogP) is 4.45. The van der Waals surface area contributed by atoms with Crippen molar-refractivity contribution in [2.75, 3.05) is 39.5 Å². The molecule has 28 heavy (non-hydrogen) atoms. The number of esters is 1. The quantitative estimate of drug-likeness (QED) is 0.132. The first kappa shape index (κ1) is 26.0. The van der Waals surface area contributed by atoms with Crippen molar-refractivity contribution in [3.8, 4) is 0 Å². The fraction of sp³-hybridized carbons (Fsp3) is 0.895. The zero-order chi connectivity index (χ0) is 21.3. The van der Waals surface area contributed by atoms with Crippen molar-refractivity contribution >= 4 is 12.1 Å². The molecule has 1 amide bonds. The van der Waals surface area contributed by atoms with Gasteiger partial charge in [-0.05, 0) is 46.1 Å². The van der Waals surface area contributed by atoms with Crippen LogP contribution >= 0.6 is 0 Å². The van der Waals surface area contributed by atoms with E-state index in [0.717, 1.165) is 32.1 Å². The third-order valence-electron chi connectivity index (χ3n) is 3.67. The van der Waals surface area contributed by atoms with E-state index >= 15 is 0 Å². The minimum absolute atomic E-state index is 0.140. The van der Waals surface area contributed by atoms with Crippen LogP contribution in [-0.4, -0.2) is 62.0 Å². The number of unbranched alkanes of at least 4 members (excludes halogenated alkanes) is 4. The van der Waals surface area contributed by atoms with Gasteiger partial charge in [-0.3, -0.25) is 4.79 Å². The summed E-state index contributed by atoms with van der Waals surface area (Å²) in [7, 11) is 0. The van der Waals surface area contributed by atoms with Crippen LogP contribution < -0.4 is 0 Å². The summed E-state index contributed by atoms with van der Waals surface area (Å²) in [6.45, 7) is 9.71. The van der Waals surface area contributed by atoms with E-state index in [2.05, 4.69) is 10.0 Å². The summed E-state index contributed by atoms with van der Waals surface area (Å²) < 4.78 is 15.7. The van der Waals surface area contributed by atoms with Gasteiger partial charge in [-0.25, -0.2) is 4.79 Å². The van der Waals surface area contributed by atoms with Gasteiger partial charge in [0.05, 0.1) is 19.8 Å². The van der Waals surface area contributed by atoms with Crippen molar-refractivity contribution in [3.05, 3.63) is 10.4 Å². The van der Waals surface area contributed by atoms with Gasteiger partial charge in [-0.15, -0.1) is 0 Å². The Morgan fingerprint density at radius 3 is 2.36 bits per heavy atom. The lowest BCUT2D eigenvalue weighted by atomic mass is 10.1. The minimum Gasteiger partial charge on any atom is -0.466 e. The van der Waals surface area contributed by atoms with Crippen LogP contribution in [0.5, 0.6) is 0 Å². The van der Waals surface area contributed by atoms with Crippen LogP contribution in [0.4, 0.5) is 4.79 Å². The first-order chi connectivity index (χ1) is 13.3. The second-order valence-corrected chi connectivity index (χ2v) is 7.36. The highest BCUT2D eigenvalue weighted by atomic mass is 16.6. The Labute approximate surface area is 168 Å². The van der Waals surface area contributed by atoms with Gasteiger partial charge < -0.3 is 19.1 Å². The first-order valence-corrected chi connectivity index (χ1v) is 10.0. The Kier molecular flexibility index (Phi) is 14.9. The molecule has 0 unspecified atom stereocenters. The Bertz CT molecular complexity index is 487. The van der Waals surface area contributed by atoms with E-state index in [-0.39, 0.29) is 18.6 Å². The number of carbonyl (C=O) groups excluding carboxylic acids is 2. The second kappa shape index (κ2) is 16.0. The van der Waals surface area contributed by atoms with Gasteiger partial charge >= 0.3 is 12.1 Å². The molecule has 0 aromatic heterocycles. The van der Waals surface area contributed by atoms with Gasteiger partial charge in [-0.2, -0.15) is 0 Å². The third-order valence-corrected chi connectivity index (χ3v) is 3.67. The molecule has 0 saturated carbocycles. The minimum atomic E-state index is -0.551. The molecule has 9 nitrogen and oxygen atoms in total. The Morgan fingerprint density at radius 2 is 1.71 bits per heavy atom. The number of ether oxygens (including phenoxy) is 3. The molecule has 0 aliphatic heterocycles. The molecule has 0 N–H and O–H groups in total. The van der Waals surface area contributed by atoms with E-state index in [1.54, 1.807) is 11.8 Å². The molecule has 0 rings (SSSR count). The zero-order valence-electron chi connectivity index (χ0n) is 17.8. The zero-order valence-corrected chi connectivity index (χ0v) is 17.8. The van der Waals surface area contributed by atoms with Crippen molar-refractivity contribution in [1.29, 1.82) is 0 Å². The summed E-state index contributed by atoms with van der Waals surface area (Å²) >= 11 is 0. The fourth-order valence-electron chi connectivity index (χ4n) is 2.38. The molecule has 0 fully saturated rings. The largest absolute Gasteiger partial charge is 0.466 e. The van der Waals surface area contributed by atoms with Gasteiger partial charge in [0.1, 0.15) is 5.60 Å². The smallest absolute Gasteiger partial charge is 0.410 e. The Morgan fingerprint density at radius 1 is 1.04 bits per heavy atom. The monoisotopic (exact) mass is 400 g/mol. The standard InChI is InChI=1S/C19H36N4O5/c1-5-27-17(24)11-9-7-6-8-10-13-23(18(25)28-19(2,3)4)14-16-26-15-12-21-22-20/h5-16H2,1-4H3. The maximum Gasteiger partial charge on any atom is 0.410 e. The Hall–Kier alpha value is -1.99. The van der Waals surface area contributed by atoms with Crippen LogP contribution in [0.3, 0.4) is 0 Å². The highest BCUT2D eigenvalue weighted by molar-refractivity contribution is 5.69. The summed E-state index contributed by atoms with van der Waals surface area (Å²) in [4.78, 5) is 27.9. The van der Waals surface area contributed by atoms with Crippen molar-refractivity contribution in [1.82, 2.24) is 4.90 Å². The molecule has 0 aromatic carbocycles. The molecule has 162 valence electrons. The number of hydrogen-bond acceptors (Lipinski definition) is 6. The summed E-state index contributed by atoms with van der Waals surface area (Å²) in [5.41, 5.74) is 7.68. The molecule has 0 spiro atoms. The first-order valence-electron chi connectivity index (χ1n) is 10.0. The molecule has 9 heteroatoms. The molecular formula is C19H36N4O5. The van der Waals surface area contributed by atoms with E-state index in [1.807, 2.05) is 20.8 Å². The van der Waals surface area contributed by atoms with E-state index in [4.69, 9.17) is 19.7 Å². The van der Waals surface area contributed by atoms with Gasteiger partial charge in [0, 0.05) is 31.0 Å². The highest BCUT2D eigenvalue weighted by Gasteiger charge is 2.21. The molecule has 0 bridgehead atoms. The van der Waals surface area contributed by atoms with Crippen LogP contribution in [0.1, 0.15) is 66.2 Å². The summed E-state index contributed by atoms with van der Waals surface area (Å²) in [5, 5.41) is 3.40. The lowest BCUT2D eigenvalue weighted by Crippen LogP contribution is -2.39. The molecule has 0 saturated heterocycles. The summed E-state index contributed by atoms with van der Waals surface area (Å²) in [6, 6.07) is 0. The molecule has 0 radical (unpaired) electrons. The maximum absolute atomic E-state index is 12.4. The average molecular weight is 401 g/mol. The molecular weight excluding hydrogens is 364 g/mol. The SMILES string of the molecule is CCOC(=O)CCCCCCCN(CCOCCN=[N+]=[N-])C(=O)OC(C)(C)C. The Balaban J connectivity index is 4.13.